The number of carbonyl (C=O) groups is 2. The van der Waals surface area contributed by atoms with Gasteiger partial charge in [0.25, 0.3) is 11.8 Å². The van der Waals surface area contributed by atoms with Crippen LogP contribution >= 0.6 is 11.6 Å². The molecule has 2 amide bonds. The SMILES string of the molecule is C[C@H](OC[C@H](O)CN1C(=O)c2ccccc2C1=O)c1ccc(Cl)cc1. The second kappa shape index (κ2) is 7.35. The van der Waals surface area contributed by atoms with Gasteiger partial charge >= 0.3 is 0 Å². The Morgan fingerprint density at radius 2 is 1.60 bits per heavy atom. The molecule has 0 aliphatic carbocycles. The Hall–Kier alpha value is -2.21. The number of aliphatic hydroxyl groups is 1. The van der Waals surface area contributed by atoms with E-state index >= 15 is 0 Å². The van der Waals surface area contributed by atoms with E-state index in [1.54, 1.807) is 36.4 Å². The standard InChI is InChI=1S/C19H18ClNO4/c1-12(13-6-8-14(20)9-7-13)25-11-15(22)10-21-18(23)16-4-2-3-5-17(16)19(21)24/h2-9,12,15,22H,10-11H2,1H3/t12-,15+/m0/s1. The van der Waals surface area contributed by atoms with Crippen LogP contribution in [0.15, 0.2) is 48.5 Å². The van der Waals surface area contributed by atoms with E-state index in [9.17, 15) is 14.7 Å². The van der Waals surface area contributed by atoms with Crippen LogP contribution in [0.3, 0.4) is 0 Å². The van der Waals surface area contributed by atoms with Crippen molar-refractivity contribution in [2.45, 2.75) is 19.1 Å². The van der Waals surface area contributed by atoms with Crippen molar-refractivity contribution in [1.29, 1.82) is 0 Å². The molecular weight excluding hydrogens is 342 g/mol. The van der Waals surface area contributed by atoms with Crippen LogP contribution in [-0.2, 0) is 4.74 Å². The summed E-state index contributed by atoms with van der Waals surface area (Å²) in [5.41, 5.74) is 1.67. The van der Waals surface area contributed by atoms with Crippen LogP contribution in [0.1, 0.15) is 39.3 Å². The number of hydrogen-bond acceptors (Lipinski definition) is 4. The zero-order chi connectivity index (χ0) is 18.0. The van der Waals surface area contributed by atoms with E-state index in [1.165, 1.54) is 0 Å². The quantitative estimate of drug-likeness (QED) is 0.805. The highest BCUT2D eigenvalue weighted by Gasteiger charge is 2.36. The molecule has 1 N–H and O–H groups in total. The van der Waals surface area contributed by atoms with Crippen molar-refractivity contribution >= 4 is 23.4 Å². The molecule has 1 aliphatic heterocycles. The van der Waals surface area contributed by atoms with Crippen molar-refractivity contribution in [1.82, 2.24) is 4.90 Å². The van der Waals surface area contributed by atoms with Crippen LogP contribution in [0.2, 0.25) is 5.02 Å². The number of fused-ring (bicyclic) bond motifs is 1. The number of imide groups is 1. The monoisotopic (exact) mass is 359 g/mol. The van der Waals surface area contributed by atoms with E-state index < -0.39 is 6.10 Å². The van der Waals surface area contributed by atoms with Crippen LogP contribution in [0.5, 0.6) is 0 Å². The zero-order valence-electron chi connectivity index (χ0n) is 13.7. The molecule has 0 saturated heterocycles. The maximum Gasteiger partial charge on any atom is 0.261 e. The Morgan fingerprint density at radius 1 is 1.04 bits per heavy atom. The highest BCUT2D eigenvalue weighted by atomic mass is 35.5. The highest BCUT2D eigenvalue weighted by molar-refractivity contribution is 6.30. The lowest BCUT2D eigenvalue weighted by Gasteiger charge is -2.20. The molecule has 0 aromatic heterocycles. The fraction of sp³-hybridized carbons (Fsp3) is 0.263. The average Bonchev–Trinajstić information content (AvgIpc) is 2.86. The smallest absolute Gasteiger partial charge is 0.261 e. The van der Waals surface area contributed by atoms with Crippen molar-refractivity contribution in [3.63, 3.8) is 0 Å². The van der Waals surface area contributed by atoms with Crippen molar-refractivity contribution < 1.29 is 19.4 Å². The van der Waals surface area contributed by atoms with Gasteiger partial charge in [-0.1, -0.05) is 35.9 Å². The Morgan fingerprint density at radius 3 is 2.16 bits per heavy atom. The molecule has 0 bridgehead atoms. The summed E-state index contributed by atoms with van der Waals surface area (Å²) >= 11 is 5.85. The summed E-state index contributed by atoms with van der Waals surface area (Å²) in [5, 5.41) is 10.8. The van der Waals surface area contributed by atoms with Crippen LogP contribution in [-0.4, -0.2) is 41.1 Å². The van der Waals surface area contributed by atoms with Gasteiger partial charge in [0.15, 0.2) is 0 Å². The largest absolute Gasteiger partial charge is 0.389 e. The number of carbonyl (C=O) groups excluding carboxylic acids is 2. The number of amides is 2. The highest BCUT2D eigenvalue weighted by Crippen LogP contribution is 2.23. The summed E-state index contributed by atoms with van der Waals surface area (Å²) in [7, 11) is 0. The number of β-amino-alcohol motifs (C(OH)–C–C–N with tert-alkyl or cyclic N) is 1. The molecular formula is C19H18ClNO4. The molecule has 130 valence electrons. The van der Waals surface area contributed by atoms with Crippen molar-refractivity contribution in [2.24, 2.45) is 0 Å². The number of rotatable bonds is 6. The van der Waals surface area contributed by atoms with E-state index in [2.05, 4.69) is 0 Å². The van der Waals surface area contributed by atoms with Crippen molar-refractivity contribution in [3.8, 4) is 0 Å². The molecule has 3 rings (SSSR count). The van der Waals surface area contributed by atoms with Gasteiger partial charge in [0.1, 0.15) is 0 Å². The molecule has 0 fully saturated rings. The number of halogens is 1. The molecule has 2 aromatic rings. The first-order valence-corrected chi connectivity index (χ1v) is 8.35. The van der Waals surface area contributed by atoms with Gasteiger partial charge in [-0.05, 0) is 36.8 Å². The average molecular weight is 360 g/mol. The summed E-state index contributed by atoms with van der Waals surface area (Å²) in [4.78, 5) is 25.6. The Bertz CT molecular complexity index is 755. The topological polar surface area (TPSA) is 66.8 Å². The summed E-state index contributed by atoms with van der Waals surface area (Å²) < 4.78 is 5.65. The van der Waals surface area contributed by atoms with Gasteiger partial charge in [0, 0.05) is 5.02 Å². The molecule has 2 atom stereocenters. The maximum absolute atomic E-state index is 12.3. The molecule has 0 unspecified atom stereocenters. The molecule has 0 saturated carbocycles. The number of benzene rings is 2. The predicted molar refractivity (Wildman–Crippen MR) is 93.6 cm³/mol. The van der Waals surface area contributed by atoms with Gasteiger partial charge in [-0.3, -0.25) is 14.5 Å². The van der Waals surface area contributed by atoms with Crippen LogP contribution in [0.25, 0.3) is 0 Å². The van der Waals surface area contributed by atoms with Crippen molar-refractivity contribution in [2.75, 3.05) is 13.2 Å². The second-order valence-electron chi connectivity index (χ2n) is 5.95. The summed E-state index contributed by atoms with van der Waals surface area (Å²) in [6, 6.07) is 13.9. The predicted octanol–water partition coefficient (Wildman–Crippen LogP) is 3.07. The fourth-order valence-corrected chi connectivity index (χ4v) is 2.88. The first kappa shape index (κ1) is 17.6. The normalized spacial score (nSPS) is 16.0. The minimum absolute atomic E-state index is 0.0111. The molecule has 2 aromatic carbocycles. The number of nitrogens with zero attached hydrogens (tertiary/aromatic N) is 1. The molecule has 25 heavy (non-hydrogen) atoms. The van der Waals surface area contributed by atoms with Crippen LogP contribution < -0.4 is 0 Å². The third-order valence-corrected chi connectivity index (χ3v) is 4.40. The first-order chi connectivity index (χ1) is 12.0. The van der Waals surface area contributed by atoms with Gasteiger partial charge in [0.2, 0.25) is 0 Å². The second-order valence-corrected chi connectivity index (χ2v) is 6.38. The molecule has 5 nitrogen and oxygen atoms in total. The number of aliphatic hydroxyl groups excluding tert-OH is 1. The number of hydrogen-bond donors (Lipinski definition) is 1. The van der Waals surface area contributed by atoms with E-state index in [-0.39, 0.29) is 31.1 Å². The molecule has 0 spiro atoms. The van der Waals surface area contributed by atoms with Crippen LogP contribution in [0, 0.1) is 0 Å². The van der Waals surface area contributed by atoms with Gasteiger partial charge in [0.05, 0.1) is 36.5 Å². The Balaban J connectivity index is 1.56. The van der Waals surface area contributed by atoms with Gasteiger partial charge in [-0.2, -0.15) is 0 Å². The third kappa shape index (κ3) is 3.74. The lowest BCUT2D eigenvalue weighted by Crippen LogP contribution is -2.38. The zero-order valence-corrected chi connectivity index (χ0v) is 14.4. The summed E-state index contributed by atoms with van der Waals surface area (Å²) in [6.07, 6.45) is -1.20. The Kier molecular flexibility index (Phi) is 5.18. The lowest BCUT2D eigenvalue weighted by atomic mass is 10.1. The Labute approximate surface area is 150 Å². The van der Waals surface area contributed by atoms with Crippen molar-refractivity contribution in [3.05, 3.63) is 70.2 Å². The van der Waals surface area contributed by atoms with Gasteiger partial charge in [-0.25, -0.2) is 0 Å². The maximum atomic E-state index is 12.3. The third-order valence-electron chi connectivity index (χ3n) is 4.15. The molecule has 6 heteroatoms. The number of ether oxygens (including phenoxy) is 1. The van der Waals surface area contributed by atoms with E-state index in [1.807, 2.05) is 19.1 Å². The van der Waals surface area contributed by atoms with Gasteiger partial charge < -0.3 is 9.84 Å². The minimum atomic E-state index is -0.961. The summed E-state index contributed by atoms with van der Waals surface area (Å²) in [5.74, 6) is -0.768. The lowest BCUT2D eigenvalue weighted by molar-refractivity contribution is -0.0117. The minimum Gasteiger partial charge on any atom is -0.389 e. The van der Waals surface area contributed by atoms with Crippen LogP contribution in [0.4, 0.5) is 0 Å². The van der Waals surface area contributed by atoms with E-state index in [0.717, 1.165) is 10.5 Å². The molecule has 1 aliphatic rings. The fourth-order valence-electron chi connectivity index (χ4n) is 2.75. The van der Waals surface area contributed by atoms with E-state index in [0.29, 0.717) is 16.1 Å². The van der Waals surface area contributed by atoms with E-state index in [4.69, 9.17) is 16.3 Å². The molecule has 1 heterocycles. The molecule has 0 radical (unpaired) electrons. The first-order valence-electron chi connectivity index (χ1n) is 7.97. The summed E-state index contributed by atoms with van der Waals surface area (Å²) in [6.45, 7) is 1.77. The van der Waals surface area contributed by atoms with Gasteiger partial charge in [-0.15, -0.1) is 0 Å².